The van der Waals surface area contributed by atoms with Crippen molar-refractivity contribution >= 4 is 0 Å². The van der Waals surface area contributed by atoms with Gasteiger partial charge in [-0.05, 0) is 58.0 Å². The Hall–Kier alpha value is -0.120. The zero-order chi connectivity index (χ0) is 12.7. The van der Waals surface area contributed by atoms with E-state index >= 15 is 0 Å². The molecule has 3 aliphatic heterocycles. The molecule has 4 fully saturated rings. The van der Waals surface area contributed by atoms with Crippen molar-refractivity contribution in [2.24, 2.45) is 0 Å². The van der Waals surface area contributed by atoms with Crippen LogP contribution in [0.5, 0.6) is 0 Å². The summed E-state index contributed by atoms with van der Waals surface area (Å²) < 4.78 is 0. The second kappa shape index (κ2) is 5.34. The summed E-state index contributed by atoms with van der Waals surface area (Å²) in [7, 11) is 0. The minimum absolute atomic E-state index is 0.790. The lowest BCUT2D eigenvalue weighted by Gasteiger charge is -2.39. The second-order valence-corrected chi connectivity index (χ2v) is 7.18. The number of nitrogens with zero attached hydrogens (tertiary/aromatic N) is 2. The lowest BCUT2D eigenvalue weighted by atomic mass is 9.97. The molecule has 3 nitrogen and oxygen atoms in total. The fraction of sp³-hybridized carbons (Fsp3) is 1.00. The standard InChI is InChI=1S/C16H29N3/c1-2-10-18-11-8-16(15(18)5-1)19(14-6-7-14)12-13-4-3-9-17-13/h13-17H,1-12H2. The van der Waals surface area contributed by atoms with Gasteiger partial charge in [-0.25, -0.2) is 0 Å². The van der Waals surface area contributed by atoms with Gasteiger partial charge in [0.2, 0.25) is 0 Å². The highest BCUT2D eigenvalue weighted by Crippen LogP contribution is 2.37. The van der Waals surface area contributed by atoms with E-state index in [2.05, 4.69) is 15.1 Å². The van der Waals surface area contributed by atoms with Crippen LogP contribution >= 0.6 is 0 Å². The first-order chi connectivity index (χ1) is 9.42. The number of piperidine rings is 1. The minimum Gasteiger partial charge on any atom is -0.313 e. The molecule has 3 unspecified atom stereocenters. The summed E-state index contributed by atoms with van der Waals surface area (Å²) in [6, 6.07) is 3.51. The Morgan fingerprint density at radius 1 is 0.947 bits per heavy atom. The van der Waals surface area contributed by atoms with E-state index in [-0.39, 0.29) is 0 Å². The molecule has 1 saturated carbocycles. The van der Waals surface area contributed by atoms with Gasteiger partial charge in [-0.15, -0.1) is 0 Å². The quantitative estimate of drug-likeness (QED) is 0.835. The van der Waals surface area contributed by atoms with Crippen LogP contribution in [0.4, 0.5) is 0 Å². The molecule has 1 aliphatic carbocycles. The molecule has 108 valence electrons. The van der Waals surface area contributed by atoms with Gasteiger partial charge in [0.15, 0.2) is 0 Å². The van der Waals surface area contributed by atoms with Crippen molar-refractivity contribution in [1.82, 2.24) is 15.1 Å². The monoisotopic (exact) mass is 263 g/mol. The Labute approximate surface area is 117 Å². The summed E-state index contributed by atoms with van der Waals surface area (Å²) in [4.78, 5) is 5.73. The molecule has 3 heterocycles. The maximum absolute atomic E-state index is 3.71. The van der Waals surface area contributed by atoms with E-state index in [9.17, 15) is 0 Å². The van der Waals surface area contributed by atoms with Crippen molar-refractivity contribution in [2.45, 2.75) is 75.5 Å². The number of hydrogen-bond acceptors (Lipinski definition) is 3. The summed E-state index contributed by atoms with van der Waals surface area (Å²) in [6.07, 6.45) is 11.5. The van der Waals surface area contributed by atoms with Gasteiger partial charge >= 0.3 is 0 Å². The van der Waals surface area contributed by atoms with Crippen molar-refractivity contribution in [3.8, 4) is 0 Å². The molecule has 0 aromatic carbocycles. The maximum atomic E-state index is 3.71. The van der Waals surface area contributed by atoms with E-state index in [0.717, 1.165) is 24.2 Å². The molecule has 0 aromatic heterocycles. The zero-order valence-electron chi connectivity index (χ0n) is 12.2. The van der Waals surface area contributed by atoms with Gasteiger partial charge in [-0.3, -0.25) is 9.80 Å². The van der Waals surface area contributed by atoms with Crippen molar-refractivity contribution in [3.63, 3.8) is 0 Å². The average molecular weight is 263 g/mol. The molecular weight excluding hydrogens is 234 g/mol. The molecule has 3 saturated heterocycles. The van der Waals surface area contributed by atoms with Crippen LogP contribution in [0.15, 0.2) is 0 Å². The first-order valence-electron chi connectivity index (χ1n) is 8.65. The SMILES string of the molecule is C1CNC(CN(C2CC2)C2CCN3CCCCC23)C1. The molecule has 0 radical (unpaired) electrons. The number of nitrogens with one attached hydrogen (secondary N) is 1. The molecule has 19 heavy (non-hydrogen) atoms. The van der Waals surface area contributed by atoms with Crippen LogP contribution in [-0.4, -0.2) is 60.1 Å². The highest BCUT2D eigenvalue weighted by atomic mass is 15.3. The van der Waals surface area contributed by atoms with E-state index in [1.807, 2.05) is 0 Å². The smallest absolute Gasteiger partial charge is 0.0267 e. The summed E-state index contributed by atoms with van der Waals surface area (Å²) in [6.45, 7) is 5.33. The maximum Gasteiger partial charge on any atom is 0.0267 e. The molecule has 0 spiro atoms. The summed E-state index contributed by atoms with van der Waals surface area (Å²) in [5.74, 6) is 0. The van der Waals surface area contributed by atoms with Gasteiger partial charge in [-0.2, -0.15) is 0 Å². The van der Waals surface area contributed by atoms with Gasteiger partial charge < -0.3 is 5.32 Å². The third-order valence-electron chi connectivity index (χ3n) is 5.86. The molecule has 1 N–H and O–H groups in total. The highest BCUT2D eigenvalue weighted by Gasteiger charge is 2.44. The number of fused-ring (bicyclic) bond motifs is 1. The Balaban J connectivity index is 1.44. The van der Waals surface area contributed by atoms with Gasteiger partial charge in [0, 0.05) is 37.3 Å². The summed E-state index contributed by atoms with van der Waals surface area (Å²) in [5.41, 5.74) is 0. The van der Waals surface area contributed by atoms with Crippen LogP contribution in [0.1, 0.15) is 51.4 Å². The van der Waals surface area contributed by atoms with E-state index in [4.69, 9.17) is 0 Å². The van der Waals surface area contributed by atoms with Gasteiger partial charge in [0.25, 0.3) is 0 Å². The number of hydrogen-bond donors (Lipinski definition) is 1. The van der Waals surface area contributed by atoms with Crippen LogP contribution in [-0.2, 0) is 0 Å². The third kappa shape index (κ3) is 2.57. The van der Waals surface area contributed by atoms with Crippen LogP contribution in [0.25, 0.3) is 0 Å². The Bertz CT molecular complexity index is 309. The van der Waals surface area contributed by atoms with Crippen LogP contribution in [0, 0.1) is 0 Å². The molecule has 4 rings (SSSR count). The fourth-order valence-corrected chi connectivity index (χ4v) is 4.74. The predicted molar refractivity (Wildman–Crippen MR) is 78.4 cm³/mol. The summed E-state index contributed by atoms with van der Waals surface area (Å²) in [5, 5.41) is 3.71. The molecular formula is C16H29N3. The molecule has 4 aliphatic rings. The second-order valence-electron chi connectivity index (χ2n) is 7.18. The molecule has 3 heteroatoms. The Morgan fingerprint density at radius 3 is 2.68 bits per heavy atom. The normalized spacial score (nSPS) is 39.9. The van der Waals surface area contributed by atoms with E-state index in [1.54, 1.807) is 0 Å². The first-order valence-corrected chi connectivity index (χ1v) is 8.65. The van der Waals surface area contributed by atoms with Crippen molar-refractivity contribution in [2.75, 3.05) is 26.2 Å². The van der Waals surface area contributed by atoms with E-state index in [0.29, 0.717) is 0 Å². The predicted octanol–water partition coefficient (Wildman–Crippen LogP) is 1.83. The fourth-order valence-electron chi connectivity index (χ4n) is 4.74. The van der Waals surface area contributed by atoms with Crippen LogP contribution in [0.2, 0.25) is 0 Å². The van der Waals surface area contributed by atoms with Crippen molar-refractivity contribution in [1.29, 1.82) is 0 Å². The zero-order valence-corrected chi connectivity index (χ0v) is 12.2. The van der Waals surface area contributed by atoms with Gasteiger partial charge in [0.05, 0.1) is 0 Å². The summed E-state index contributed by atoms with van der Waals surface area (Å²) >= 11 is 0. The van der Waals surface area contributed by atoms with Crippen LogP contribution < -0.4 is 5.32 Å². The molecule has 0 bridgehead atoms. The van der Waals surface area contributed by atoms with Crippen LogP contribution in [0.3, 0.4) is 0 Å². The Kier molecular flexibility index (Phi) is 3.55. The molecule has 0 amide bonds. The van der Waals surface area contributed by atoms with E-state index < -0.39 is 0 Å². The topological polar surface area (TPSA) is 18.5 Å². The lowest BCUT2D eigenvalue weighted by Crippen LogP contribution is -2.51. The highest BCUT2D eigenvalue weighted by molar-refractivity contribution is 5.01. The van der Waals surface area contributed by atoms with Crippen molar-refractivity contribution in [3.05, 3.63) is 0 Å². The first kappa shape index (κ1) is 12.6. The van der Waals surface area contributed by atoms with Crippen molar-refractivity contribution < 1.29 is 0 Å². The molecule has 3 atom stereocenters. The molecule has 0 aromatic rings. The van der Waals surface area contributed by atoms with Gasteiger partial charge in [0.1, 0.15) is 0 Å². The number of rotatable bonds is 4. The van der Waals surface area contributed by atoms with Gasteiger partial charge in [-0.1, -0.05) is 6.42 Å². The van der Waals surface area contributed by atoms with E-state index in [1.165, 1.54) is 77.5 Å². The Morgan fingerprint density at radius 2 is 1.89 bits per heavy atom. The largest absolute Gasteiger partial charge is 0.313 e. The average Bonchev–Trinajstić information content (AvgIpc) is 2.99. The third-order valence-corrected chi connectivity index (χ3v) is 5.86. The minimum atomic E-state index is 0.790. The lowest BCUT2D eigenvalue weighted by molar-refractivity contribution is 0.102.